The van der Waals surface area contributed by atoms with E-state index in [2.05, 4.69) is 5.32 Å². The van der Waals surface area contributed by atoms with Gasteiger partial charge < -0.3 is 10.2 Å². The van der Waals surface area contributed by atoms with Crippen LogP contribution in [0.3, 0.4) is 0 Å². The monoisotopic (exact) mass is 432 g/mol. The van der Waals surface area contributed by atoms with Crippen LogP contribution in [0.1, 0.15) is 17.2 Å². The number of benzene rings is 2. The highest BCUT2D eigenvalue weighted by Crippen LogP contribution is 2.39. The van der Waals surface area contributed by atoms with Crippen LogP contribution in [0.5, 0.6) is 0 Å². The van der Waals surface area contributed by atoms with Gasteiger partial charge in [-0.15, -0.1) is 0 Å². The number of amides is 3. The quantitative estimate of drug-likeness (QED) is 0.592. The molecule has 1 N–H and O–H groups in total. The van der Waals surface area contributed by atoms with Gasteiger partial charge in [0, 0.05) is 24.9 Å². The maximum Gasteiger partial charge on any atom is 0.416 e. The number of anilines is 1. The zero-order chi connectivity index (χ0) is 22.5. The molecule has 2 aromatic rings. The number of hydrogen-bond donors (Lipinski definition) is 1. The molecule has 0 saturated heterocycles. The van der Waals surface area contributed by atoms with E-state index in [1.165, 1.54) is 48.3 Å². The molecule has 2 heterocycles. The molecule has 160 valence electrons. The van der Waals surface area contributed by atoms with E-state index in [1.54, 1.807) is 0 Å². The molecule has 11 heteroatoms. The van der Waals surface area contributed by atoms with Crippen LogP contribution in [0, 0.1) is 10.1 Å². The van der Waals surface area contributed by atoms with Gasteiger partial charge in [0.05, 0.1) is 34.3 Å². The Kier molecular flexibility index (Phi) is 4.68. The number of nitro benzene ring substituents is 1. The number of carbonyl (C=O) groups is 2. The Morgan fingerprint density at radius 1 is 1.13 bits per heavy atom. The number of nitrogens with one attached hydrogen (secondary N) is 1. The van der Waals surface area contributed by atoms with Crippen molar-refractivity contribution < 1.29 is 27.7 Å². The van der Waals surface area contributed by atoms with Gasteiger partial charge in [0.2, 0.25) is 0 Å². The molecule has 0 aliphatic carbocycles. The first-order valence-electron chi connectivity index (χ1n) is 9.08. The third-order valence-electron chi connectivity index (χ3n) is 5.26. The van der Waals surface area contributed by atoms with Crippen molar-refractivity contribution in [3.63, 3.8) is 0 Å². The number of non-ortho nitro benzene ring substituents is 1. The van der Waals surface area contributed by atoms with Gasteiger partial charge in [-0.1, -0.05) is 18.2 Å². The molecule has 0 fully saturated rings. The first-order chi connectivity index (χ1) is 14.6. The second-order valence-corrected chi connectivity index (χ2v) is 7.09. The minimum absolute atomic E-state index is 0.0351. The van der Waals surface area contributed by atoms with E-state index >= 15 is 0 Å². The third kappa shape index (κ3) is 3.47. The molecule has 1 atom stereocenters. The van der Waals surface area contributed by atoms with Gasteiger partial charge in [0.1, 0.15) is 0 Å². The van der Waals surface area contributed by atoms with Gasteiger partial charge in [0.15, 0.2) is 0 Å². The molecule has 0 radical (unpaired) electrons. The van der Waals surface area contributed by atoms with Crippen molar-refractivity contribution in [1.82, 2.24) is 10.2 Å². The van der Waals surface area contributed by atoms with Crippen LogP contribution in [-0.2, 0) is 11.0 Å². The number of rotatable bonds is 3. The number of likely N-dealkylation sites (N-methyl/N-ethyl adjacent to an activating group) is 1. The third-order valence-corrected chi connectivity index (χ3v) is 5.26. The van der Waals surface area contributed by atoms with Crippen molar-refractivity contribution >= 4 is 23.3 Å². The molecule has 2 aliphatic heterocycles. The summed E-state index contributed by atoms with van der Waals surface area (Å²) in [5, 5.41) is 13.8. The van der Waals surface area contributed by atoms with E-state index in [0.29, 0.717) is 11.3 Å². The zero-order valence-corrected chi connectivity index (χ0v) is 16.0. The second-order valence-electron chi connectivity index (χ2n) is 7.09. The molecule has 0 bridgehead atoms. The summed E-state index contributed by atoms with van der Waals surface area (Å²) in [5.74, 6) is -0.585. The minimum Gasteiger partial charge on any atom is -0.327 e. The van der Waals surface area contributed by atoms with Gasteiger partial charge in [-0.25, -0.2) is 4.79 Å². The lowest BCUT2D eigenvalue weighted by Gasteiger charge is -2.30. The van der Waals surface area contributed by atoms with E-state index in [1.807, 2.05) is 0 Å². The molecular weight excluding hydrogens is 417 g/mol. The molecule has 0 aromatic heterocycles. The van der Waals surface area contributed by atoms with Crippen molar-refractivity contribution in [2.45, 2.75) is 12.2 Å². The highest BCUT2D eigenvalue weighted by molar-refractivity contribution is 6.11. The smallest absolute Gasteiger partial charge is 0.327 e. The Morgan fingerprint density at radius 3 is 2.52 bits per heavy atom. The maximum absolute atomic E-state index is 13.2. The van der Waals surface area contributed by atoms with E-state index in [4.69, 9.17) is 0 Å². The normalized spacial score (nSPS) is 18.9. The van der Waals surface area contributed by atoms with E-state index < -0.39 is 34.6 Å². The number of carbonyl (C=O) groups excluding carboxylic acids is 2. The summed E-state index contributed by atoms with van der Waals surface area (Å²) in [6.45, 7) is -0.106. The first kappa shape index (κ1) is 20.4. The molecule has 31 heavy (non-hydrogen) atoms. The predicted octanol–water partition coefficient (Wildman–Crippen LogP) is 3.61. The fourth-order valence-corrected chi connectivity index (χ4v) is 3.69. The van der Waals surface area contributed by atoms with Crippen LogP contribution in [0.4, 0.5) is 29.3 Å². The lowest BCUT2D eigenvalue weighted by atomic mass is 9.95. The summed E-state index contributed by atoms with van der Waals surface area (Å²) in [4.78, 5) is 38.6. The van der Waals surface area contributed by atoms with Gasteiger partial charge >= 0.3 is 12.2 Å². The number of urea groups is 1. The van der Waals surface area contributed by atoms with Crippen LogP contribution in [0.2, 0.25) is 0 Å². The van der Waals surface area contributed by atoms with Crippen LogP contribution >= 0.6 is 0 Å². The molecule has 8 nitrogen and oxygen atoms in total. The number of alkyl halides is 3. The SMILES string of the molecule is CN1C(=O)N[C@H](c2cccc([N+](=O)[O-])c2)C2=C1CN(c1cccc(C(F)(F)F)c1)C2=O. The fourth-order valence-electron chi connectivity index (χ4n) is 3.69. The summed E-state index contributed by atoms with van der Waals surface area (Å²) in [6.07, 6.45) is -4.58. The van der Waals surface area contributed by atoms with Crippen LogP contribution in [0.25, 0.3) is 0 Å². The van der Waals surface area contributed by atoms with Crippen LogP contribution in [-0.4, -0.2) is 35.4 Å². The first-order valence-corrected chi connectivity index (χ1v) is 9.08. The summed E-state index contributed by atoms with van der Waals surface area (Å²) in [7, 11) is 1.44. The van der Waals surface area contributed by atoms with Gasteiger partial charge in [-0.2, -0.15) is 13.2 Å². The average molecular weight is 432 g/mol. The van der Waals surface area contributed by atoms with E-state index in [-0.39, 0.29) is 23.5 Å². The average Bonchev–Trinajstić information content (AvgIpc) is 3.08. The van der Waals surface area contributed by atoms with Crippen molar-refractivity contribution in [3.8, 4) is 0 Å². The number of hydrogen-bond acceptors (Lipinski definition) is 4. The van der Waals surface area contributed by atoms with Gasteiger partial charge in [0.25, 0.3) is 11.6 Å². The Morgan fingerprint density at radius 2 is 1.84 bits per heavy atom. The summed E-state index contributed by atoms with van der Waals surface area (Å²) in [6, 6.07) is 8.35. The lowest BCUT2D eigenvalue weighted by molar-refractivity contribution is -0.384. The van der Waals surface area contributed by atoms with Crippen molar-refractivity contribution in [3.05, 3.63) is 81.0 Å². The second kappa shape index (κ2) is 7.11. The van der Waals surface area contributed by atoms with Crippen molar-refractivity contribution in [2.75, 3.05) is 18.5 Å². The number of halogens is 3. The molecule has 0 unspecified atom stereocenters. The van der Waals surface area contributed by atoms with Gasteiger partial charge in [-0.05, 0) is 23.8 Å². The van der Waals surface area contributed by atoms with Gasteiger partial charge in [-0.3, -0.25) is 19.8 Å². The summed E-state index contributed by atoms with van der Waals surface area (Å²) in [5.41, 5.74) is -0.286. The Labute approximate surface area is 173 Å². The Bertz CT molecular complexity index is 1150. The number of nitro groups is 1. The van der Waals surface area contributed by atoms with Crippen LogP contribution < -0.4 is 10.2 Å². The molecular formula is C20H15F3N4O4. The Balaban J connectivity index is 1.75. The molecule has 0 spiro atoms. The zero-order valence-electron chi connectivity index (χ0n) is 16.0. The lowest BCUT2D eigenvalue weighted by Crippen LogP contribution is -2.45. The topological polar surface area (TPSA) is 95.8 Å². The highest BCUT2D eigenvalue weighted by Gasteiger charge is 2.44. The molecule has 2 aromatic carbocycles. The maximum atomic E-state index is 13.2. The predicted molar refractivity (Wildman–Crippen MR) is 103 cm³/mol. The number of nitrogens with zero attached hydrogens (tertiary/aromatic N) is 3. The molecule has 3 amide bonds. The molecule has 0 saturated carbocycles. The highest BCUT2D eigenvalue weighted by atomic mass is 19.4. The van der Waals surface area contributed by atoms with E-state index in [0.717, 1.165) is 17.0 Å². The standard InChI is InChI=1S/C20H15F3N4O4/c1-25-15-10-26(13-6-3-5-12(9-13)20(21,22)23)18(28)16(15)17(24-19(25)29)11-4-2-7-14(8-11)27(30)31/h2-9,17H,10H2,1H3,(H,24,29)/t17-/m1/s1. The summed E-state index contributed by atoms with van der Waals surface area (Å²) < 4.78 is 39.3. The minimum atomic E-state index is -4.58. The van der Waals surface area contributed by atoms with Crippen LogP contribution in [0.15, 0.2) is 59.8 Å². The molecule has 2 aliphatic rings. The molecule has 4 rings (SSSR count). The summed E-state index contributed by atoms with van der Waals surface area (Å²) >= 11 is 0. The van der Waals surface area contributed by atoms with E-state index in [9.17, 15) is 32.9 Å². The fraction of sp³-hybridized carbons (Fsp3) is 0.200. The van der Waals surface area contributed by atoms with Crippen molar-refractivity contribution in [1.29, 1.82) is 0 Å². The Hall–Kier alpha value is -3.89. The largest absolute Gasteiger partial charge is 0.416 e. The van der Waals surface area contributed by atoms with Crippen molar-refractivity contribution in [2.24, 2.45) is 0 Å².